The van der Waals surface area contributed by atoms with Crippen molar-refractivity contribution in [1.82, 2.24) is 4.90 Å². The highest BCUT2D eigenvalue weighted by Gasteiger charge is 2.60. The Morgan fingerprint density at radius 2 is 1.79 bits per heavy atom. The summed E-state index contributed by atoms with van der Waals surface area (Å²) in [6.07, 6.45) is 3.61. The number of amides is 2. The molecule has 3 fully saturated rings. The number of aryl methyl sites for hydroxylation is 1. The van der Waals surface area contributed by atoms with Crippen molar-refractivity contribution in [2.75, 3.05) is 25.0 Å². The Bertz CT molecular complexity index is 884. The molecule has 1 aliphatic heterocycles. The number of ether oxygens (including phenoxy) is 1. The first-order chi connectivity index (χ1) is 16.2. The summed E-state index contributed by atoms with van der Waals surface area (Å²) in [6.45, 7) is 7.65. The highest BCUT2D eigenvalue weighted by Crippen LogP contribution is 2.61. The van der Waals surface area contributed by atoms with Crippen LogP contribution in [-0.4, -0.2) is 59.0 Å². The molecule has 2 amide bonds. The molecule has 1 aromatic rings. The molecule has 0 bridgehead atoms. The van der Waals surface area contributed by atoms with Crippen molar-refractivity contribution in [1.29, 1.82) is 0 Å². The summed E-state index contributed by atoms with van der Waals surface area (Å²) >= 11 is 0. The third-order valence-corrected chi connectivity index (χ3v) is 9.08. The van der Waals surface area contributed by atoms with E-state index in [1.807, 2.05) is 43.0 Å². The number of aliphatic hydroxyl groups excluding tert-OH is 2. The van der Waals surface area contributed by atoms with Crippen LogP contribution in [0.15, 0.2) is 24.3 Å². The maximum atomic E-state index is 13.0. The molecule has 0 spiro atoms. The van der Waals surface area contributed by atoms with Gasteiger partial charge in [0.2, 0.25) is 5.91 Å². The summed E-state index contributed by atoms with van der Waals surface area (Å²) in [5.74, 6) is 0.00763. The fourth-order valence-corrected chi connectivity index (χ4v) is 6.98. The molecule has 0 aromatic heterocycles. The first-order valence-corrected chi connectivity index (χ1v) is 12.8. The molecule has 3 N–H and O–H groups in total. The monoisotopic (exact) mass is 472 g/mol. The quantitative estimate of drug-likeness (QED) is 0.599. The summed E-state index contributed by atoms with van der Waals surface area (Å²) in [5.41, 5.74) is 0.823. The Morgan fingerprint density at radius 3 is 2.44 bits per heavy atom. The number of carbonyl (C=O) groups is 2. The molecule has 3 aliphatic rings. The molecular weight excluding hydrogens is 432 g/mol. The van der Waals surface area contributed by atoms with Crippen LogP contribution in [0.5, 0.6) is 0 Å². The van der Waals surface area contributed by atoms with Crippen LogP contribution in [0.2, 0.25) is 0 Å². The number of fused-ring (bicyclic) bond motifs is 1. The summed E-state index contributed by atoms with van der Waals surface area (Å²) in [5, 5.41) is 24.3. The van der Waals surface area contributed by atoms with E-state index in [1.165, 1.54) is 0 Å². The van der Waals surface area contributed by atoms with Crippen LogP contribution in [0.4, 0.5) is 10.5 Å². The predicted molar refractivity (Wildman–Crippen MR) is 130 cm³/mol. The van der Waals surface area contributed by atoms with Gasteiger partial charge in [-0.2, -0.15) is 0 Å². The van der Waals surface area contributed by atoms with Crippen LogP contribution in [0, 0.1) is 29.6 Å². The molecule has 34 heavy (non-hydrogen) atoms. The van der Waals surface area contributed by atoms with Gasteiger partial charge in [-0.05, 0) is 74.8 Å². The third kappa shape index (κ3) is 4.69. The van der Waals surface area contributed by atoms with Crippen LogP contribution in [0.3, 0.4) is 0 Å². The molecule has 4 rings (SSSR count). The van der Waals surface area contributed by atoms with E-state index < -0.39 is 23.7 Å². The van der Waals surface area contributed by atoms with Crippen molar-refractivity contribution in [3.8, 4) is 0 Å². The summed E-state index contributed by atoms with van der Waals surface area (Å²) < 4.78 is 5.90. The van der Waals surface area contributed by atoms with E-state index in [1.54, 1.807) is 0 Å². The lowest BCUT2D eigenvalue weighted by Crippen LogP contribution is -2.61. The summed E-state index contributed by atoms with van der Waals surface area (Å²) in [6, 6.07) is 7.53. The van der Waals surface area contributed by atoms with Crippen molar-refractivity contribution in [2.24, 2.45) is 22.7 Å². The highest BCUT2D eigenvalue weighted by molar-refractivity contribution is 5.84. The molecule has 0 radical (unpaired) electrons. The molecule has 7 nitrogen and oxygen atoms in total. The third-order valence-electron chi connectivity index (χ3n) is 9.08. The van der Waals surface area contributed by atoms with Gasteiger partial charge in [-0.1, -0.05) is 31.5 Å². The fraction of sp³-hybridized carbons (Fsp3) is 0.704. The number of rotatable bonds is 5. The van der Waals surface area contributed by atoms with E-state index in [0.717, 1.165) is 44.3 Å². The number of aliphatic hydroxyl groups is 2. The van der Waals surface area contributed by atoms with Crippen LogP contribution in [0.1, 0.15) is 64.4 Å². The van der Waals surface area contributed by atoms with E-state index >= 15 is 0 Å². The van der Waals surface area contributed by atoms with Gasteiger partial charge >= 0.3 is 6.09 Å². The van der Waals surface area contributed by atoms with E-state index in [0.29, 0.717) is 24.9 Å². The Hall–Kier alpha value is -2.12. The average molecular weight is 473 g/mol. The number of hydrogen-bond acceptors (Lipinski definition) is 5. The zero-order chi connectivity index (χ0) is 24.5. The second-order valence-electron chi connectivity index (χ2n) is 11.2. The van der Waals surface area contributed by atoms with Crippen LogP contribution in [0.25, 0.3) is 0 Å². The SMILES string of the molecule is Cc1ccc(NC(=O)O[C@@H]2CC[C@]3(C)C(CC[C@@H](O)[C@H]3CC(=O)N3CCCC3)[C@]2(C)CO)cc1. The fourth-order valence-electron chi connectivity index (χ4n) is 6.98. The van der Waals surface area contributed by atoms with E-state index in [-0.39, 0.29) is 29.8 Å². The molecule has 6 atom stereocenters. The Labute approximate surface area is 202 Å². The number of likely N-dealkylation sites (tertiary alicyclic amines) is 1. The average Bonchev–Trinajstić information content (AvgIpc) is 3.35. The van der Waals surface area contributed by atoms with Gasteiger partial charge in [-0.3, -0.25) is 10.1 Å². The minimum absolute atomic E-state index is 0.0377. The van der Waals surface area contributed by atoms with Gasteiger partial charge in [0, 0.05) is 30.6 Å². The number of hydrogen-bond donors (Lipinski definition) is 3. The first kappa shape index (κ1) is 25.0. The Morgan fingerprint density at radius 1 is 1.12 bits per heavy atom. The van der Waals surface area contributed by atoms with Gasteiger partial charge in [0.05, 0.1) is 12.7 Å². The molecule has 188 valence electrons. The zero-order valence-electron chi connectivity index (χ0n) is 20.8. The minimum atomic E-state index is -0.646. The molecule has 7 heteroatoms. The number of carbonyl (C=O) groups excluding carboxylic acids is 2. The highest BCUT2D eigenvalue weighted by atomic mass is 16.6. The maximum absolute atomic E-state index is 13.0. The smallest absolute Gasteiger partial charge is 0.411 e. The van der Waals surface area contributed by atoms with Crippen LogP contribution >= 0.6 is 0 Å². The Kier molecular flexibility index (Phi) is 7.25. The second kappa shape index (κ2) is 9.86. The number of benzene rings is 1. The van der Waals surface area contributed by atoms with Crippen molar-refractivity contribution >= 4 is 17.7 Å². The molecule has 1 aromatic carbocycles. The van der Waals surface area contributed by atoms with Gasteiger partial charge in [0.15, 0.2) is 0 Å². The largest absolute Gasteiger partial charge is 0.445 e. The number of nitrogens with zero attached hydrogens (tertiary/aromatic N) is 1. The standard InChI is InChI=1S/C27H40N2O5/c1-18-6-8-19(9-7-18)28-25(33)34-23-12-13-26(2)20(16-24(32)29-14-4-5-15-29)21(31)10-11-22(26)27(23,3)17-30/h6-9,20-23,30-31H,4-5,10-17H2,1-3H3,(H,28,33)/t20-,21-,22?,23-,26+,27+/m1/s1. The first-order valence-electron chi connectivity index (χ1n) is 12.8. The zero-order valence-corrected chi connectivity index (χ0v) is 20.8. The van der Waals surface area contributed by atoms with Gasteiger partial charge in [-0.25, -0.2) is 4.79 Å². The lowest BCUT2D eigenvalue weighted by molar-refractivity contribution is -0.186. The minimum Gasteiger partial charge on any atom is -0.445 e. The normalized spacial score (nSPS) is 35.5. The van der Waals surface area contributed by atoms with Gasteiger partial charge < -0.3 is 19.8 Å². The summed E-state index contributed by atoms with van der Waals surface area (Å²) in [4.78, 5) is 27.6. The van der Waals surface area contributed by atoms with Gasteiger partial charge in [-0.15, -0.1) is 0 Å². The second-order valence-corrected chi connectivity index (χ2v) is 11.2. The van der Waals surface area contributed by atoms with Crippen molar-refractivity contribution in [2.45, 2.75) is 77.9 Å². The van der Waals surface area contributed by atoms with Crippen molar-refractivity contribution in [3.05, 3.63) is 29.8 Å². The lowest BCUT2D eigenvalue weighted by atomic mass is 9.46. The number of nitrogens with one attached hydrogen (secondary N) is 1. The molecule has 2 aliphatic carbocycles. The van der Waals surface area contributed by atoms with Crippen LogP contribution < -0.4 is 5.32 Å². The Balaban J connectivity index is 1.49. The van der Waals surface area contributed by atoms with Crippen molar-refractivity contribution < 1.29 is 24.5 Å². The molecular formula is C27H40N2O5. The molecule has 1 unspecified atom stereocenters. The van der Waals surface area contributed by atoms with Gasteiger partial charge in [0.25, 0.3) is 0 Å². The maximum Gasteiger partial charge on any atom is 0.411 e. The summed E-state index contributed by atoms with van der Waals surface area (Å²) in [7, 11) is 0. The molecule has 1 heterocycles. The number of anilines is 1. The van der Waals surface area contributed by atoms with E-state index in [2.05, 4.69) is 12.2 Å². The topological polar surface area (TPSA) is 99.1 Å². The van der Waals surface area contributed by atoms with Gasteiger partial charge in [0.1, 0.15) is 6.10 Å². The van der Waals surface area contributed by atoms with E-state index in [9.17, 15) is 19.8 Å². The molecule has 1 saturated heterocycles. The predicted octanol–water partition coefficient (Wildman–Crippen LogP) is 4.11. The molecule has 2 saturated carbocycles. The van der Waals surface area contributed by atoms with E-state index in [4.69, 9.17) is 4.74 Å². The lowest BCUT2D eigenvalue weighted by Gasteiger charge is -2.60. The van der Waals surface area contributed by atoms with Crippen LogP contribution in [-0.2, 0) is 9.53 Å². The van der Waals surface area contributed by atoms with Crippen molar-refractivity contribution in [3.63, 3.8) is 0 Å².